The molecule has 1 unspecified atom stereocenters. The van der Waals surface area contributed by atoms with Gasteiger partial charge in [-0.1, -0.05) is 44.0 Å². The fourth-order valence-electron chi connectivity index (χ4n) is 2.41. The molecule has 1 aliphatic rings. The van der Waals surface area contributed by atoms with Crippen LogP contribution < -0.4 is 0 Å². The van der Waals surface area contributed by atoms with E-state index in [2.05, 4.69) is 56.1 Å². The van der Waals surface area contributed by atoms with Gasteiger partial charge in [-0.15, -0.1) is 0 Å². The van der Waals surface area contributed by atoms with Crippen LogP contribution in [0.4, 0.5) is 0 Å². The molecular weight excluding hydrogens is 344 g/mol. The van der Waals surface area contributed by atoms with Crippen LogP contribution in [0.25, 0.3) is 0 Å². The van der Waals surface area contributed by atoms with Crippen LogP contribution >= 0.6 is 31.9 Å². The SMILES string of the molecule is COC1(CC(Br)Cc2ccc(Br)cc2)CCC1. The molecule has 0 N–H and O–H groups in total. The van der Waals surface area contributed by atoms with Crippen LogP contribution in [0.1, 0.15) is 31.2 Å². The lowest BCUT2D eigenvalue weighted by molar-refractivity contribution is -0.0770. The third-order valence-electron chi connectivity index (χ3n) is 3.66. The van der Waals surface area contributed by atoms with Gasteiger partial charge in [0.25, 0.3) is 0 Å². The molecule has 0 aromatic heterocycles. The molecule has 0 heterocycles. The number of hydrogen-bond donors (Lipinski definition) is 0. The summed E-state index contributed by atoms with van der Waals surface area (Å²) in [6.45, 7) is 0. The molecule has 0 aliphatic heterocycles. The highest BCUT2D eigenvalue weighted by Gasteiger charge is 2.38. The largest absolute Gasteiger partial charge is 0.378 e. The minimum Gasteiger partial charge on any atom is -0.378 e. The van der Waals surface area contributed by atoms with E-state index in [0.29, 0.717) is 4.83 Å². The van der Waals surface area contributed by atoms with Crippen molar-refractivity contribution in [3.05, 3.63) is 34.3 Å². The molecule has 0 spiro atoms. The molecule has 1 aliphatic carbocycles. The van der Waals surface area contributed by atoms with Crippen LogP contribution in [0.3, 0.4) is 0 Å². The number of hydrogen-bond acceptors (Lipinski definition) is 1. The van der Waals surface area contributed by atoms with E-state index in [9.17, 15) is 0 Å². The summed E-state index contributed by atoms with van der Waals surface area (Å²) < 4.78 is 6.80. The van der Waals surface area contributed by atoms with Crippen molar-refractivity contribution in [2.45, 2.75) is 42.5 Å². The van der Waals surface area contributed by atoms with Gasteiger partial charge in [0.15, 0.2) is 0 Å². The van der Waals surface area contributed by atoms with Gasteiger partial charge < -0.3 is 4.74 Å². The van der Waals surface area contributed by atoms with E-state index in [1.165, 1.54) is 24.8 Å². The van der Waals surface area contributed by atoms with Crippen molar-refractivity contribution in [1.29, 1.82) is 0 Å². The van der Waals surface area contributed by atoms with Gasteiger partial charge >= 0.3 is 0 Å². The Labute approximate surface area is 120 Å². The molecule has 1 fully saturated rings. The first-order valence-electron chi connectivity index (χ1n) is 6.07. The van der Waals surface area contributed by atoms with E-state index >= 15 is 0 Å². The molecular formula is C14H18Br2O. The molecule has 17 heavy (non-hydrogen) atoms. The van der Waals surface area contributed by atoms with Gasteiger partial charge in [-0.2, -0.15) is 0 Å². The molecule has 0 radical (unpaired) electrons. The Kier molecular flexibility index (Phi) is 4.67. The van der Waals surface area contributed by atoms with Gasteiger partial charge in [0.2, 0.25) is 0 Å². The average Bonchev–Trinajstić information content (AvgIpc) is 2.27. The lowest BCUT2D eigenvalue weighted by Crippen LogP contribution is -2.41. The van der Waals surface area contributed by atoms with E-state index in [4.69, 9.17) is 4.74 Å². The maximum Gasteiger partial charge on any atom is 0.0689 e. The van der Waals surface area contributed by atoms with Crippen LogP contribution in [0.2, 0.25) is 0 Å². The maximum absolute atomic E-state index is 5.66. The highest BCUT2D eigenvalue weighted by atomic mass is 79.9. The van der Waals surface area contributed by atoms with Gasteiger partial charge in [0, 0.05) is 16.4 Å². The number of halogens is 2. The fraction of sp³-hybridized carbons (Fsp3) is 0.571. The summed E-state index contributed by atoms with van der Waals surface area (Å²) in [6, 6.07) is 8.56. The van der Waals surface area contributed by atoms with E-state index in [-0.39, 0.29) is 5.60 Å². The second-order valence-electron chi connectivity index (χ2n) is 4.87. The minimum atomic E-state index is 0.156. The monoisotopic (exact) mass is 360 g/mol. The summed E-state index contributed by atoms with van der Waals surface area (Å²) in [7, 11) is 1.85. The Bertz CT molecular complexity index is 351. The zero-order valence-corrected chi connectivity index (χ0v) is 13.3. The molecule has 0 bridgehead atoms. The molecule has 1 aromatic rings. The molecule has 94 valence electrons. The molecule has 0 saturated heterocycles. The topological polar surface area (TPSA) is 9.23 Å². The number of methoxy groups -OCH3 is 1. The predicted molar refractivity (Wildman–Crippen MR) is 78.8 cm³/mol. The Hall–Kier alpha value is 0.140. The van der Waals surface area contributed by atoms with Crippen LogP contribution in [-0.4, -0.2) is 17.5 Å². The Morgan fingerprint density at radius 2 is 1.94 bits per heavy atom. The van der Waals surface area contributed by atoms with Crippen LogP contribution in [0, 0.1) is 0 Å². The lowest BCUT2D eigenvalue weighted by Gasteiger charge is -2.42. The third-order valence-corrected chi connectivity index (χ3v) is 4.84. The van der Waals surface area contributed by atoms with Crippen molar-refractivity contribution in [3.8, 4) is 0 Å². The van der Waals surface area contributed by atoms with Crippen molar-refractivity contribution in [2.24, 2.45) is 0 Å². The van der Waals surface area contributed by atoms with E-state index < -0.39 is 0 Å². The Morgan fingerprint density at radius 3 is 2.41 bits per heavy atom. The molecule has 2 rings (SSSR count). The highest BCUT2D eigenvalue weighted by molar-refractivity contribution is 9.10. The van der Waals surface area contributed by atoms with Crippen LogP contribution in [0.5, 0.6) is 0 Å². The zero-order valence-electron chi connectivity index (χ0n) is 10.1. The number of ether oxygens (including phenoxy) is 1. The van der Waals surface area contributed by atoms with Crippen LogP contribution in [0.15, 0.2) is 28.7 Å². The number of rotatable bonds is 5. The second kappa shape index (κ2) is 5.85. The smallest absolute Gasteiger partial charge is 0.0689 e. The third kappa shape index (κ3) is 3.55. The first-order chi connectivity index (χ1) is 8.13. The maximum atomic E-state index is 5.66. The van der Waals surface area contributed by atoms with Crippen molar-refractivity contribution in [3.63, 3.8) is 0 Å². The summed E-state index contributed by atoms with van der Waals surface area (Å²) in [4.78, 5) is 0.504. The predicted octanol–water partition coefficient (Wildman–Crippen LogP) is 4.71. The fourth-order valence-corrected chi connectivity index (χ4v) is 3.64. The second-order valence-corrected chi connectivity index (χ2v) is 7.08. The summed E-state index contributed by atoms with van der Waals surface area (Å²) >= 11 is 7.25. The number of benzene rings is 1. The Balaban J connectivity index is 1.88. The van der Waals surface area contributed by atoms with E-state index in [1.807, 2.05) is 7.11 Å². The first-order valence-corrected chi connectivity index (χ1v) is 7.78. The van der Waals surface area contributed by atoms with E-state index in [1.54, 1.807) is 0 Å². The standard InChI is InChI=1S/C14H18Br2O/c1-17-14(7-2-8-14)10-13(16)9-11-3-5-12(15)6-4-11/h3-6,13H,2,7-10H2,1H3. The normalized spacial score (nSPS) is 19.7. The van der Waals surface area contributed by atoms with Crippen molar-refractivity contribution >= 4 is 31.9 Å². The van der Waals surface area contributed by atoms with Crippen LogP contribution in [-0.2, 0) is 11.2 Å². The highest BCUT2D eigenvalue weighted by Crippen LogP contribution is 2.40. The van der Waals surface area contributed by atoms with Crippen molar-refractivity contribution in [1.82, 2.24) is 0 Å². The zero-order chi connectivity index (χ0) is 12.3. The van der Waals surface area contributed by atoms with E-state index in [0.717, 1.165) is 17.3 Å². The summed E-state index contributed by atoms with van der Waals surface area (Å²) in [5.41, 5.74) is 1.53. The molecule has 1 atom stereocenters. The van der Waals surface area contributed by atoms with Gasteiger partial charge in [-0.3, -0.25) is 0 Å². The number of alkyl halides is 1. The molecule has 1 aromatic carbocycles. The Morgan fingerprint density at radius 1 is 1.29 bits per heavy atom. The summed E-state index contributed by atoms with van der Waals surface area (Å²) in [5.74, 6) is 0. The molecule has 3 heteroatoms. The molecule has 0 amide bonds. The minimum absolute atomic E-state index is 0.156. The lowest BCUT2D eigenvalue weighted by atomic mass is 9.76. The summed E-state index contributed by atoms with van der Waals surface area (Å²) in [5, 5.41) is 0. The van der Waals surface area contributed by atoms with Gasteiger partial charge in [0.05, 0.1) is 5.60 Å². The molecule has 1 saturated carbocycles. The van der Waals surface area contributed by atoms with Gasteiger partial charge in [-0.25, -0.2) is 0 Å². The van der Waals surface area contributed by atoms with Crippen molar-refractivity contribution < 1.29 is 4.74 Å². The van der Waals surface area contributed by atoms with Gasteiger partial charge in [0.1, 0.15) is 0 Å². The quantitative estimate of drug-likeness (QED) is 0.690. The summed E-state index contributed by atoms with van der Waals surface area (Å²) in [6.07, 6.45) is 5.92. The first kappa shape index (κ1) is 13.6. The van der Waals surface area contributed by atoms with Gasteiger partial charge in [-0.05, 0) is 49.8 Å². The molecule has 1 nitrogen and oxygen atoms in total. The van der Waals surface area contributed by atoms with Crippen molar-refractivity contribution in [2.75, 3.05) is 7.11 Å². The average molecular weight is 362 g/mol.